The molecule has 0 unspecified atom stereocenters. The van der Waals surface area contributed by atoms with Gasteiger partial charge in [-0.2, -0.15) is 0 Å². The van der Waals surface area contributed by atoms with Gasteiger partial charge in [0.25, 0.3) is 11.8 Å². The first-order valence-corrected chi connectivity index (χ1v) is 9.87. The normalized spacial score (nSPS) is 13.8. The maximum atomic E-state index is 13.3. The van der Waals surface area contributed by atoms with Crippen molar-refractivity contribution in [1.29, 1.82) is 0 Å². The van der Waals surface area contributed by atoms with Crippen LogP contribution in [0.1, 0.15) is 16.7 Å². The SMILES string of the molecule is Cc1ccc(C2=C(Nc3ccc(F)cc3)C(=O)N(CCc3ccc(F)cc3)C2=O)cc1. The summed E-state index contributed by atoms with van der Waals surface area (Å²) in [6.45, 7) is 2.10. The molecule has 4 rings (SSSR count). The Balaban J connectivity index is 1.64. The van der Waals surface area contributed by atoms with Crippen molar-refractivity contribution in [2.75, 3.05) is 11.9 Å². The minimum atomic E-state index is -0.452. The molecule has 0 saturated heterocycles. The molecule has 6 heteroatoms. The number of carbonyl (C=O) groups excluding carboxylic acids is 2. The summed E-state index contributed by atoms with van der Waals surface area (Å²) < 4.78 is 26.4. The van der Waals surface area contributed by atoms with Crippen LogP contribution in [-0.4, -0.2) is 23.3 Å². The highest BCUT2D eigenvalue weighted by atomic mass is 19.1. The number of benzene rings is 3. The topological polar surface area (TPSA) is 49.4 Å². The predicted molar refractivity (Wildman–Crippen MR) is 115 cm³/mol. The van der Waals surface area contributed by atoms with Gasteiger partial charge in [-0.15, -0.1) is 0 Å². The van der Waals surface area contributed by atoms with Crippen LogP contribution < -0.4 is 5.32 Å². The highest BCUT2D eigenvalue weighted by Gasteiger charge is 2.38. The van der Waals surface area contributed by atoms with Gasteiger partial charge in [0.05, 0.1) is 5.57 Å². The van der Waals surface area contributed by atoms with Crippen molar-refractivity contribution in [3.05, 3.63) is 107 Å². The second kappa shape index (κ2) is 8.52. The Bertz CT molecular complexity index is 1150. The Morgan fingerprint density at radius 2 is 1.35 bits per heavy atom. The monoisotopic (exact) mass is 418 g/mol. The molecule has 0 bridgehead atoms. The number of halogens is 2. The average Bonchev–Trinajstić information content (AvgIpc) is 2.99. The van der Waals surface area contributed by atoms with Crippen molar-refractivity contribution < 1.29 is 18.4 Å². The summed E-state index contributed by atoms with van der Waals surface area (Å²) >= 11 is 0. The molecule has 3 aromatic rings. The van der Waals surface area contributed by atoms with Gasteiger partial charge in [-0.3, -0.25) is 14.5 Å². The van der Waals surface area contributed by atoms with Gasteiger partial charge in [-0.05, 0) is 60.9 Å². The summed E-state index contributed by atoms with van der Waals surface area (Å²) in [6.07, 6.45) is 0.406. The number of nitrogens with zero attached hydrogens (tertiary/aromatic N) is 1. The number of aryl methyl sites for hydroxylation is 1. The van der Waals surface area contributed by atoms with Crippen molar-refractivity contribution in [1.82, 2.24) is 4.90 Å². The van der Waals surface area contributed by atoms with Crippen LogP contribution in [0.5, 0.6) is 0 Å². The quantitative estimate of drug-likeness (QED) is 0.590. The Morgan fingerprint density at radius 3 is 1.97 bits per heavy atom. The van der Waals surface area contributed by atoms with Crippen LogP contribution in [0, 0.1) is 18.6 Å². The van der Waals surface area contributed by atoms with E-state index in [0.717, 1.165) is 11.1 Å². The van der Waals surface area contributed by atoms with Gasteiger partial charge in [-0.25, -0.2) is 8.78 Å². The van der Waals surface area contributed by atoms with E-state index in [2.05, 4.69) is 5.32 Å². The zero-order valence-electron chi connectivity index (χ0n) is 16.9. The van der Waals surface area contributed by atoms with Crippen molar-refractivity contribution in [3.63, 3.8) is 0 Å². The van der Waals surface area contributed by atoms with Crippen LogP contribution in [0.15, 0.2) is 78.5 Å². The highest BCUT2D eigenvalue weighted by molar-refractivity contribution is 6.36. The number of hydrogen-bond donors (Lipinski definition) is 1. The maximum absolute atomic E-state index is 13.3. The molecule has 0 spiro atoms. The molecule has 2 amide bonds. The molecule has 1 aliphatic heterocycles. The molecule has 1 aliphatic rings. The number of carbonyl (C=O) groups is 2. The Morgan fingerprint density at radius 1 is 0.774 bits per heavy atom. The molecule has 1 heterocycles. The minimum absolute atomic E-state index is 0.152. The number of hydrogen-bond acceptors (Lipinski definition) is 3. The third-order valence-corrected chi connectivity index (χ3v) is 5.16. The molecule has 0 aromatic heterocycles. The zero-order chi connectivity index (χ0) is 22.0. The molecule has 156 valence electrons. The minimum Gasteiger partial charge on any atom is -0.350 e. The Hall–Kier alpha value is -3.80. The molecular formula is C25H20F2N2O2. The first-order valence-electron chi connectivity index (χ1n) is 9.87. The third-order valence-electron chi connectivity index (χ3n) is 5.16. The molecule has 0 radical (unpaired) electrons. The summed E-state index contributed by atoms with van der Waals surface area (Å²) in [7, 11) is 0. The lowest BCUT2D eigenvalue weighted by atomic mass is 10.0. The molecule has 0 aliphatic carbocycles. The van der Waals surface area contributed by atoms with Gasteiger partial charge in [-0.1, -0.05) is 42.0 Å². The van der Waals surface area contributed by atoms with E-state index in [1.165, 1.54) is 41.3 Å². The lowest BCUT2D eigenvalue weighted by molar-refractivity contribution is -0.136. The summed E-state index contributed by atoms with van der Waals surface area (Å²) in [4.78, 5) is 27.6. The lowest BCUT2D eigenvalue weighted by Crippen LogP contribution is -2.34. The molecule has 3 aromatic carbocycles. The van der Waals surface area contributed by atoms with Crippen molar-refractivity contribution in [2.45, 2.75) is 13.3 Å². The van der Waals surface area contributed by atoms with Crippen LogP contribution in [0.25, 0.3) is 5.57 Å². The summed E-state index contributed by atoms with van der Waals surface area (Å²) in [5.41, 5.74) is 3.40. The van der Waals surface area contributed by atoms with Gasteiger partial charge in [0.15, 0.2) is 0 Å². The van der Waals surface area contributed by atoms with Gasteiger partial charge >= 0.3 is 0 Å². The van der Waals surface area contributed by atoms with Crippen LogP contribution in [-0.2, 0) is 16.0 Å². The van der Waals surface area contributed by atoms with E-state index >= 15 is 0 Å². The van der Waals surface area contributed by atoms with Crippen LogP contribution in [0.3, 0.4) is 0 Å². The summed E-state index contributed by atoms with van der Waals surface area (Å²) in [6, 6.07) is 18.9. The summed E-state index contributed by atoms with van der Waals surface area (Å²) in [5.74, 6) is -1.59. The van der Waals surface area contributed by atoms with E-state index in [4.69, 9.17) is 0 Å². The number of imide groups is 1. The number of amides is 2. The molecule has 1 N–H and O–H groups in total. The Labute approximate surface area is 178 Å². The van der Waals surface area contributed by atoms with Crippen LogP contribution >= 0.6 is 0 Å². The average molecular weight is 418 g/mol. The first kappa shape index (κ1) is 20.5. The Kier molecular flexibility index (Phi) is 5.62. The number of nitrogens with one attached hydrogen (secondary N) is 1. The second-order valence-electron chi connectivity index (χ2n) is 7.39. The molecule has 4 nitrogen and oxygen atoms in total. The van der Waals surface area contributed by atoms with Crippen molar-refractivity contribution in [3.8, 4) is 0 Å². The van der Waals surface area contributed by atoms with E-state index < -0.39 is 17.6 Å². The first-order chi connectivity index (χ1) is 14.9. The van der Waals surface area contributed by atoms with E-state index in [1.54, 1.807) is 24.3 Å². The number of rotatable bonds is 6. The van der Waals surface area contributed by atoms with E-state index in [-0.39, 0.29) is 23.6 Å². The van der Waals surface area contributed by atoms with Gasteiger partial charge in [0.2, 0.25) is 0 Å². The molecule has 0 atom stereocenters. The standard InChI is InChI=1S/C25H20F2N2O2/c1-16-2-6-18(7-3-16)22-23(28-21-12-10-20(27)11-13-21)25(31)29(24(22)30)15-14-17-4-8-19(26)9-5-17/h2-13,28H,14-15H2,1H3. The molecule has 31 heavy (non-hydrogen) atoms. The van der Waals surface area contributed by atoms with Gasteiger partial charge in [0.1, 0.15) is 17.3 Å². The van der Waals surface area contributed by atoms with Crippen molar-refractivity contribution >= 4 is 23.1 Å². The third kappa shape index (κ3) is 4.38. The largest absolute Gasteiger partial charge is 0.350 e. The summed E-state index contributed by atoms with van der Waals surface area (Å²) in [5, 5.41) is 3.00. The van der Waals surface area contributed by atoms with Crippen LogP contribution in [0.4, 0.5) is 14.5 Å². The van der Waals surface area contributed by atoms with Crippen LogP contribution in [0.2, 0.25) is 0 Å². The number of anilines is 1. The predicted octanol–water partition coefficient (Wildman–Crippen LogP) is 4.71. The van der Waals surface area contributed by atoms with Gasteiger partial charge < -0.3 is 5.32 Å². The van der Waals surface area contributed by atoms with E-state index in [9.17, 15) is 18.4 Å². The van der Waals surface area contributed by atoms with E-state index in [1.807, 2.05) is 19.1 Å². The molecule has 0 saturated carbocycles. The molecular weight excluding hydrogens is 398 g/mol. The fourth-order valence-electron chi connectivity index (χ4n) is 3.45. The highest BCUT2D eigenvalue weighted by Crippen LogP contribution is 2.31. The second-order valence-corrected chi connectivity index (χ2v) is 7.39. The maximum Gasteiger partial charge on any atom is 0.278 e. The molecule has 0 fully saturated rings. The fraction of sp³-hybridized carbons (Fsp3) is 0.120. The fourth-order valence-corrected chi connectivity index (χ4v) is 3.45. The smallest absolute Gasteiger partial charge is 0.278 e. The lowest BCUT2D eigenvalue weighted by Gasteiger charge is -2.15. The van der Waals surface area contributed by atoms with Crippen molar-refractivity contribution in [2.24, 2.45) is 0 Å². The zero-order valence-corrected chi connectivity index (χ0v) is 16.9. The van der Waals surface area contributed by atoms with E-state index in [0.29, 0.717) is 17.7 Å². The van der Waals surface area contributed by atoms with Gasteiger partial charge in [0, 0.05) is 12.2 Å².